The Labute approximate surface area is 490 Å². The van der Waals surface area contributed by atoms with Crippen LogP contribution in [0.1, 0.15) is 229 Å². The van der Waals surface area contributed by atoms with Crippen molar-refractivity contribution in [2.24, 2.45) is 35.3 Å². The van der Waals surface area contributed by atoms with Gasteiger partial charge in [0.25, 0.3) is 0 Å². The van der Waals surface area contributed by atoms with Crippen LogP contribution < -0.4 is 27.0 Å². The number of nitrogens with zero attached hydrogens (tertiary/aromatic N) is 1. The Hall–Kier alpha value is -5.54. The van der Waals surface area contributed by atoms with Crippen molar-refractivity contribution in [1.29, 1.82) is 0 Å². The topological polar surface area (TPSA) is 340 Å². The lowest BCUT2D eigenvalue weighted by molar-refractivity contribution is -0.140. The summed E-state index contributed by atoms with van der Waals surface area (Å²) >= 11 is 0.982. The molecule has 1 fully saturated rings. The molecule has 0 aromatic rings. The molecule has 8 atom stereocenters. The van der Waals surface area contributed by atoms with Gasteiger partial charge >= 0.3 is 11.9 Å². The fourth-order valence-electron chi connectivity index (χ4n) is 9.69. The molecule has 2 unspecified atom stereocenters. The number of rotatable bonds is 49. The molecular weight excluding hydrogens is 1080 g/mol. The molecule has 466 valence electrons. The highest BCUT2D eigenvalue weighted by atomic mass is 32.2. The third kappa shape index (κ3) is 30.7. The van der Waals surface area contributed by atoms with Gasteiger partial charge < -0.3 is 37.2 Å². The van der Waals surface area contributed by atoms with Crippen LogP contribution in [-0.4, -0.2) is 133 Å². The highest BCUT2D eigenvalue weighted by Crippen LogP contribution is 2.27. The first-order valence-electron chi connectivity index (χ1n) is 30.2. The second-order valence-electron chi connectivity index (χ2n) is 23.0. The number of thioether (sulfide) groups is 1. The molecule has 1 aliphatic heterocycles. The first-order valence-corrected chi connectivity index (χ1v) is 31.3. The van der Waals surface area contributed by atoms with Crippen LogP contribution >= 0.6 is 11.8 Å². The Morgan fingerprint density at radius 2 is 1.11 bits per heavy atom. The fraction of sp³-hybridized carbons (Fsp3) is 0.783. The largest absolute Gasteiger partial charge is 0.481 e. The summed E-state index contributed by atoms with van der Waals surface area (Å²) in [6.07, 6.45) is 14.2. The maximum Gasteiger partial charge on any atom is 0.303 e. The van der Waals surface area contributed by atoms with Crippen molar-refractivity contribution in [3.63, 3.8) is 0 Å². The Morgan fingerprint density at radius 3 is 1.65 bits per heavy atom. The van der Waals surface area contributed by atoms with E-state index < -0.39 is 157 Å². The number of hydrogen-bond donors (Lipinski definition) is 7. The lowest BCUT2D eigenvalue weighted by Crippen LogP contribution is -2.49. The minimum Gasteiger partial charge on any atom is -0.481 e. The number of carboxylic acid groups (broad SMARTS) is 2. The summed E-state index contributed by atoms with van der Waals surface area (Å²) in [4.78, 5) is 170. The molecule has 0 bridgehead atoms. The van der Waals surface area contributed by atoms with Crippen molar-refractivity contribution >= 4 is 88.2 Å². The SMILES string of the molecule is CCCCCCCCCCCCCCCC(=O)C[C@H](C(=O)N[C@H](C(=O)C[C@@H](C)C(=O)N[C@@H](C)C(=O)C[C@@H](CCC(=O)O)C(=O)N[C@@H](CCC(=O)O)C(=O)CCC(=O)NC(CSC1CC(=O)N(CCCCC)C1=O)C(N)=O)C(C)C)C(C)C. The first-order chi connectivity index (χ1) is 38.7. The minimum atomic E-state index is -1.50. The summed E-state index contributed by atoms with van der Waals surface area (Å²) in [6, 6.07) is -5.01. The third-order valence-corrected chi connectivity index (χ3v) is 16.4. The van der Waals surface area contributed by atoms with E-state index in [0.29, 0.717) is 12.8 Å². The maximum atomic E-state index is 13.7. The summed E-state index contributed by atoms with van der Waals surface area (Å²) in [7, 11) is 0. The van der Waals surface area contributed by atoms with Crippen LogP contribution in [0.2, 0.25) is 0 Å². The summed E-state index contributed by atoms with van der Waals surface area (Å²) in [6.45, 7) is 14.5. The number of nitrogens with two attached hydrogens (primary N) is 1. The number of primary amides is 1. The summed E-state index contributed by atoms with van der Waals surface area (Å²) in [5.74, 6) is -12.9. The van der Waals surface area contributed by atoms with Crippen molar-refractivity contribution in [2.45, 2.75) is 258 Å². The van der Waals surface area contributed by atoms with Crippen LogP contribution in [0, 0.1) is 29.6 Å². The predicted octanol–water partition coefficient (Wildman–Crippen LogP) is 7.10. The zero-order valence-electron chi connectivity index (χ0n) is 50.4. The number of carboxylic acids is 2. The van der Waals surface area contributed by atoms with Gasteiger partial charge in [-0.15, -0.1) is 11.8 Å². The van der Waals surface area contributed by atoms with Crippen molar-refractivity contribution in [2.75, 3.05) is 12.3 Å². The van der Waals surface area contributed by atoms with Crippen LogP contribution in [0.15, 0.2) is 0 Å². The van der Waals surface area contributed by atoms with Crippen LogP contribution in [0.25, 0.3) is 0 Å². The number of imide groups is 1. The second kappa shape index (κ2) is 41.5. The third-order valence-electron chi connectivity index (χ3n) is 15.1. The molecule has 22 heteroatoms. The highest BCUT2D eigenvalue weighted by molar-refractivity contribution is 8.00. The van der Waals surface area contributed by atoms with Crippen molar-refractivity contribution in [3.8, 4) is 0 Å². The van der Waals surface area contributed by atoms with Gasteiger partial charge in [-0.2, -0.15) is 0 Å². The number of carbonyl (C=O) groups is 13. The predicted molar refractivity (Wildman–Crippen MR) is 313 cm³/mol. The Kier molecular flexibility index (Phi) is 37.6. The van der Waals surface area contributed by atoms with Crippen molar-refractivity contribution in [3.05, 3.63) is 0 Å². The number of Topliss-reactive ketones (excluding diaryl/α,β-unsaturated/α-hetero) is 4. The molecule has 0 saturated carbocycles. The average Bonchev–Trinajstić information content (AvgIpc) is 3.68. The summed E-state index contributed by atoms with van der Waals surface area (Å²) in [5.41, 5.74) is 5.52. The zero-order chi connectivity index (χ0) is 61.9. The number of carbonyl (C=O) groups excluding carboxylic acids is 11. The molecule has 7 amide bonds. The number of nitrogens with one attached hydrogen (secondary N) is 4. The standard InChI is InChI=1S/C60H100N6O15S/c1-9-11-13-14-15-16-17-18-19-20-21-22-23-25-43(67)35-44(38(3)4)59(80)65-55(39(5)6)49(70)33-40(7)57(78)62-41(8)48(69)34-42(26-30-53(73)74)58(79)64-45(27-31-54(75)76)47(68)28-29-51(71)63-46(56(61)77)37-82-50-36-52(72)66(60(50)81)32-24-12-10-2/h38-42,44-46,50,55H,9-37H2,1-8H3,(H2,61,77)(H,62,78)(H,63,71)(H,64,79)(H,65,80)(H,73,74)(H,75,76)/t40-,41+,42-,44+,45+,46?,50?,55+/m1/s1. The van der Waals surface area contributed by atoms with Gasteiger partial charge in [-0.25, -0.2) is 0 Å². The molecule has 0 aromatic carbocycles. The number of amides is 7. The van der Waals surface area contributed by atoms with Gasteiger partial charge in [0.2, 0.25) is 41.4 Å². The Balaban J connectivity index is 2.87. The van der Waals surface area contributed by atoms with E-state index in [-0.39, 0.29) is 55.1 Å². The molecule has 21 nitrogen and oxygen atoms in total. The molecule has 0 aromatic heterocycles. The molecular formula is C60H100N6O15S. The molecule has 0 spiro atoms. The molecule has 1 aliphatic rings. The van der Waals surface area contributed by atoms with Crippen molar-refractivity contribution < 1.29 is 72.5 Å². The van der Waals surface area contributed by atoms with Gasteiger partial charge in [0.1, 0.15) is 11.8 Å². The van der Waals surface area contributed by atoms with Crippen molar-refractivity contribution in [1.82, 2.24) is 26.2 Å². The van der Waals surface area contributed by atoms with Gasteiger partial charge in [0.05, 0.1) is 23.4 Å². The van der Waals surface area contributed by atoms with E-state index in [0.717, 1.165) is 50.3 Å². The number of ketones is 4. The van der Waals surface area contributed by atoms with Crippen LogP contribution in [0.4, 0.5) is 0 Å². The van der Waals surface area contributed by atoms with E-state index in [1.807, 2.05) is 20.8 Å². The van der Waals surface area contributed by atoms with E-state index in [1.165, 1.54) is 76.5 Å². The molecule has 82 heavy (non-hydrogen) atoms. The second-order valence-corrected chi connectivity index (χ2v) is 24.3. The molecule has 0 radical (unpaired) electrons. The van der Waals surface area contributed by atoms with Crippen LogP contribution in [0.3, 0.4) is 0 Å². The lowest BCUT2D eigenvalue weighted by Gasteiger charge is -2.27. The van der Waals surface area contributed by atoms with E-state index >= 15 is 0 Å². The normalized spacial score (nSPS) is 15.9. The number of hydrogen-bond acceptors (Lipinski definition) is 14. The minimum absolute atomic E-state index is 0.00633. The van der Waals surface area contributed by atoms with Gasteiger partial charge in [0.15, 0.2) is 17.3 Å². The van der Waals surface area contributed by atoms with Gasteiger partial charge in [0, 0.05) is 87.8 Å². The number of unbranched alkanes of at least 4 members (excludes halogenated alkanes) is 14. The quantitative estimate of drug-likeness (QED) is 0.0236. The van der Waals surface area contributed by atoms with Gasteiger partial charge in [-0.3, -0.25) is 67.2 Å². The van der Waals surface area contributed by atoms with Crippen LogP contribution in [0.5, 0.6) is 0 Å². The summed E-state index contributed by atoms with van der Waals surface area (Å²) < 4.78 is 0. The molecule has 1 saturated heterocycles. The van der Waals surface area contributed by atoms with E-state index in [9.17, 15) is 72.5 Å². The Bertz CT molecular complexity index is 2120. The van der Waals surface area contributed by atoms with E-state index in [4.69, 9.17) is 5.73 Å². The number of likely N-dealkylation sites (tertiary alicyclic amines) is 1. The maximum absolute atomic E-state index is 13.7. The van der Waals surface area contributed by atoms with Gasteiger partial charge in [-0.05, 0) is 44.4 Å². The zero-order valence-corrected chi connectivity index (χ0v) is 51.2. The summed E-state index contributed by atoms with van der Waals surface area (Å²) in [5, 5.41) is 28.3. The smallest absolute Gasteiger partial charge is 0.303 e. The van der Waals surface area contributed by atoms with E-state index in [2.05, 4.69) is 28.2 Å². The molecule has 1 heterocycles. The average molecular weight is 1180 g/mol. The first kappa shape index (κ1) is 74.5. The number of aliphatic carboxylic acids is 2. The molecule has 1 rings (SSSR count). The fourth-order valence-corrected chi connectivity index (χ4v) is 10.9. The monoisotopic (exact) mass is 1180 g/mol. The lowest BCUT2D eigenvalue weighted by atomic mass is 9.87. The highest BCUT2D eigenvalue weighted by Gasteiger charge is 2.39. The van der Waals surface area contributed by atoms with Gasteiger partial charge in [-0.1, -0.05) is 138 Å². The Morgan fingerprint density at radius 1 is 0.561 bits per heavy atom. The molecule has 0 aliphatic carbocycles. The van der Waals surface area contributed by atoms with E-state index in [1.54, 1.807) is 13.8 Å². The molecule has 8 N–H and O–H groups in total. The van der Waals surface area contributed by atoms with Crippen LogP contribution in [-0.2, 0) is 62.3 Å².